The third-order valence-electron chi connectivity index (χ3n) is 3.92. The van der Waals surface area contributed by atoms with Crippen LogP contribution in [0, 0.1) is 0 Å². The van der Waals surface area contributed by atoms with E-state index in [0.29, 0.717) is 0 Å². The number of hydrogen-bond acceptors (Lipinski definition) is 4. The summed E-state index contributed by atoms with van der Waals surface area (Å²) >= 11 is 1.73. The number of aromatic amines is 1. The van der Waals surface area contributed by atoms with Gasteiger partial charge in [0.05, 0.1) is 30.0 Å². The molecule has 0 unspecified atom stereocenters. The highest BCUT2D eigenvalue weighted by atomic mass is 32.1. The summed E-state index contributed by atoms with van der Waals surface area (Å²) in [5, 5.41) is 12.9. The molecule has 4 nitrogen and oxygen atoms in total. The average molecular weight is 311 g/mol. The molecule has 4 rings (SSSR count). The maximum absolute atomic E-state index is 5.46. The normalized spacial score (nSPS) is 13.5. The van der Waals surface area contributed by atoms with E-state index < -0.39 is 0 Å². The van der Waals surface area contributed by atoms with E-state index in [1.165, 1.54) is 27.1 Å². The summed E-state index contributed by atoms with van der Waals surface area (Å²) in [5.41, 5.74) is 6.25. The maximum Gasteiger partial charge on any atom is 0.0794 e. The Labute approximate surface area is 133 Å². The minimum absolute atomic E-state index is 0.743. The number of aromatic nitrogens is 2. The van der Waals surface area contributed by atoms with Crippen molar-refractivity contribution in [1.29, 1.82) is 0 Å². The van der Waals surface area contributed by atoms with Crippen LogP contribution in [0.15, 0.2) is 41.9 Å². The molecule has 0 amide bonds. The number of ether oxygens (including phenoxy) is 1. The van der Waals surface area contributed by atoms with Crippen molar-refractivity contribution in [2.45, 2.75) is 26.3 Å². The highest BCUT2D eigenvalue weighted by molar-refractivity contribution is 7.13. The number of H-pyrrole nitrogens is 1. The number of fused-ring (bicyclic) bond motifs is 1. The van der Waals surface area contributed by atoms with Crippen molar-refractivity contribution in [2.24, 2.45) is 0 Å². The summed E-state index contributed by atoms with van der Waals surface area (Å²) in [6, 6.07) is 10.8. The van der Waals surface area contributed by atoms with Crippen molar-refractivity contribution in [3.8, 4) is 10.6 Å². The van der Waals surface area contributed by atoms with Crippen LogP contribution in [0.2, 0.25) is 0 Å². The minimum Gasteiger partial charge on any atom is -0.372 e. The molecule has 0 saturated heterocycles. The fourth-order valence-electron chi connectivity index (χ4n) is 2.76. The predicted molar refractivity (Wildman–Crippen MR) is 87.4 cm³/mol. The Morgan fingerprint density at radius 2 is 2.14 bits per heavy atom. The van der Waals surface area contributed by atoms with Crippen molar-refractivity contribution < 1.29 is 4.74 Å². The average Bonchev–Trinajstić information content (AvgIpc) is 3.27. The summed E-state index contributed by atoms with van der Waals surface area (Å²) in [5.74, 6) is 0. The summed E-state index contributed by atoms with van der Waals surface area (Å²) in [6.07, 6.45) is 1.90. The summed E-state index contributed by atoms with van der Waals surface area (Å²) < 4.78 is 5.46. The Morgan fingerprint density at radius 3 is 3.05 bits per heavy atom. The van der Waals surface area contributed by atoms with Crippen LogP contribution in [-0.2, 0) is 31.0 Å². The lowest BCUT2D eigenvalue weighted by Gasteiger charge is -2.07. The highest BCUT2D eigenvalue weighted by Crippen LogP contribution is 2.26. The highest BCUT2D eigenvalue weighted by Gasteiger charge is 2.11. The maximum atomic E-state index is 5.46. The van der Waals surface area contributed by atoms with Crippen LogP contribution >= 0.6 is 11.3 Å². The smallest absolute Gasteiger partial charge is 0.0794 e. The molecular formula is C17H17N3OS. The largest absolute Gasteiger partial charge is 0.372 e. The van der Waals surface area contributed by atoms with Crippen LogP contribution < -0.4 is 5.32 Å². The molecule has 0 fully saturated rings. The molecule has 0 saturated carbocycles. The molecule has 1 aliphatic rings. The first-order valence-electron chi connectivity index (χ1n) is 7.35. The van der Waals surface area contributed by atoms with Gasteiger partial charge < -0.3 is 10.1 Å². The molecule has 0 atom stereocenters. The molecule has 3 aromatic rings. The van der Waals surface area contributed by atoms with Gasteiger partial charge in [-0.1, -0.05) is 24.3 Å². The SMILES string of the molecule is c1csc(-c2[nH]ncc2CNCc2ccc3c(c2)COC3)c1. The van der Waals surface area contributed by atoms with Crippen molar-refractivity contribution in [1.82, 2.24) is 15.5 Å². The van der Waals surface area contributed by atoms with E-state index in [-0.39, 0.29) is 0 Å². The third kappa shape index (κ3) is 2.70. The van der Waals surface area contributed by atoms with Crippen molar-refractivity contribution >= 4 is 11.3 Å². The van der Waals surface area contributed by atoms with Gasteiger partial charge in [0.1, 0.15) is 0 Å². The van der Waals surface area contributed by atoms with Crippen LogP contribution in [0.1, 0.15) is 22.3 Å². The Hall–Kier alpha value is -1.95. The second-order valence-electron chi connectivity index (χ2n) is 5.45. The van der Waals surface area contributed by atoms with E-state index in [4.69, 9.17) is 4.74 Å². The van der Waals surface area contributed by atoms with Crippen molar-refractivity contribution in [3.63, 3.8) is 0 Å². The summed E-state index contributed by atoms with van der Waals surface area (Å²) in [6.45, 7) is 3.15. The Morgan fingerprint density at radius 1 is 1.18 bits per heavy atom. The van der Waals surface area contributed by atoms with E-state index in [2.05, 4.69) is 51.2 Å². The molecule has 5 heteroatoms. The van der Waals surface area contributed by atoms with Gasteiger partial charge in [0.2, 0.25) is 0 Å². The van der Waals surface area contributed by atoms with Crippen LogP contribution in [0.5, 0.6) is 0 Å². The zero-order valence-corrected chi connectivity index (χ0v) is 13.0. The Balaban J connectivity index is 1.41. The number of benzene rings is 1. The van der Waals surface area contributed by atoms with Gasteiger partial charge in [-0.05, 0) is 28.1 Å². The van der Waals surface area contributed by atoms with Gasteiger partial charge in [-0.25, -0.2) is 0 Å². The third-order valence-corrected chi connectivity index (χ3v) is 4.80. The molecule has 0 aliphatic carbocycles. The monoisotopic (exact) mass is 311 g/mol. The van der Waals surface area contributed by atoms with E-state index >= 15 is 0 Å². The van der Waals surface area contributed by atoms with Gasteiger partial charge in [0, 0.05) is 18.7 Å². The van der Waals surface area contributed by atoms with Gasteiger partial charge in [-0.3, -0.25) is 5.10 Å². The van der Waals surface area contributed by atoms with Crippen LogP contribution in [-0.4, -0.2) is 10.2 Å². The lowest BCUT2D eigenvalue weighted by molar-refractivity contribution is 0.134. The first-order chi connectivity index (χ1) is 10.9. The molecule has 0 radical (unpaired) electrons. The van der Waals surface area contributed by atoms with Crippen LogP contribution in [0.3, 0.4) is 0 Å². The Bertz CT molecular complexity index is 764. The summed E-state index contributed by atoms with van der Waals surface area (Å²) in [4.78, 5) is 1.23. The van der Waals surface area contributed by atoms with E-state index in [1.54, 1.807) is 11.3 Å². The summed E-state index contributed by atoms with van der Waals surface area (Å²) in [7, 11) is 0. The molecule has 22 heavy (non-hydrogen) atoms. The van der Waals surface area contributed by atoms with Crippen LogP contribution in [0.25, 0.3) is 10.6 Å². The van der Waals surface area contributed by atoms with Crippen molar-refractivity contribution in [2.75, 3.05) is 0 Å². The van der Waals surface area contributed by atoms with E-state index in [9.17, 15) is 0 Å². The second kappa shape index (κ2) is 6.04. The predicted octanol–water partition coefficient (Wildman–Crippen LogP) is 3.46. The molecule has 0 bridgehead atoms. The second-order valence-corrected chi connectivity index (χ2v) is 6.39. The zero-order valence-electron chi connectivity index (χ0n) is 12.1. The topological polar surface area (TPSA) is 49.9 Å². The molecule has 2 N–H and O–H groups in total. The van der Waals surface area contributed by atoms with E-state index in [1.807, 2.05) is 6.20 Å². The number of nitrogens with one attached hydrogen (secondary N) is 2. The lowest BCUT2D eigenvalue weighted by atomic mass is 10.1. The molecule has 2 aromatic heterocycles. The Kier molecular flexibility index (Phi) is 3.76. The van der Waals surface area contributed by atoms with Crippen LogP contribution in [0.4, 0.5) is 0 Å². The fourth-order valence-corrected chi connectivity index (χ4v) is 3.51. The van der Waals surface area contributed by atoms with Gasteiger partial charge in [-0.15, -0.1) is 11.3 Å². The minimum atomic E-state index is 0.743. The first kappa shape index (κ1) is 13.7. The molecule has 3 heterocycles. The lowest BCUT2D eigenvalue weighted by Crippen LogP contribution is -2.13. The zero-order chi connectivity index (χ0) is 14.8. The number of rotatable bonds is 5. The van der Waals surface area contributed by atoms with Gasteiger partial charge in [0.15, 0.2) is 0 Å². The van der Waals surface area contributed by atoms with Crippen molar-refractivity contribution in [3.05, 3.63) is 64.2 Å². The number of hydrogen-bond donors (Lipinski definition) is 2. The van der Waals surface area contributed by atoms with Gasteiger partial charge in [-0.2, -0.15) is 5.10 Å². The quantitative estimate of drug-likeness (QED) is 0.758. The molecule has 112 valence electrons. The standard InChI is InChI=1S/C17H17N3OS/c1-2-16(22-5-1)17-15(9-19-20-17)8-18-7-12-3-4-13-10-21-11-14(13)6-12/h1-6,9,18H,7-8,10-11H2,(H,19,20). The number of nitrogens with zero attached hydrogens (tertiary/aromatic N) is 1. The molecule has 0 spiro atoms. The number of thiophene rings is 1. The molecule has 1 aromatic carbocycles. The first-order valence-corrected chi connectivity index (χ1v) is 8.23. The molecular weight excluding hydrogens is 294 g/mol. The van der Waals surface area contributed by atoms with E-state index in [0.717, 1.165) is 32.0 Å². The fraction of sp³-hybridized carbons (Fsp3) is 0.235. The molecule has 1 aliphatic heterocycles. The van der Waals surface area contributed by atoms with Gasteiger partial charge in [0.25, 0.3) is 0 Å². The van der Waals surface area contributed by atoms with Gasteiger partial charge >= 0.3 is 0 Å².